The van der Waals surface area contributed by atoms with Gasteiger partial charge in [0, 0.05) is 38.3 Å². The smallest absolute Gasteiger partial charge is 0.266 e. The Hall–Kier alpha value is -2.63. The van der Waals surface area contributed by atoms with Crippen molar-refractivity contribution in [3.8, 4) is 0 Å². The number of aromatic nitrogens is 2. The van der Waals surface area contributed by atoms with E-state index in [2.05, 4.69) is 11.2 Å². The molecule has 2 aromatic rings. The first kappa shape index (κ1) is 14.9. The normalized spacial score (nSPS) is 19.6. The Morgan fingerprint density at radius 2 is 1.88 bits per heavy atom. The third-order valence-corrected chi connectivity index (χ3v) is 4.87. The van der Waals surface area contributed by atoms with Crippen LogP contribution in [-0.2, 0) is 18.3 Å². The molecule has 0 bridgehead atoms. The fourth-order valence-electron chi connectivity index (χ4n) is 3.63. The van der Waals surface area contributed by atoms with Gasteiger partial charge in [0.05, 0.1) is 0 Å². The molecule has 1 aromatic carbocycles. The van der Waals surface area contributed by atoms with Crippen molar-refractivity contribution in [1.29, 1.82) is 0 Å². The van der Waals surface area contributed by atoms with Crippen molar-refractivity contribution in [2.75, 3.05) is 18.0 Å². The number of nitrogens with zero attached hydrogens (tertiary/aromatic N) is 4. The van der Waals surface area contributed by atoms with Crippen molar-refractivity contribution in [1.82, 2.24) is 14.7 Å². The van der Waals surface area contributed by atoms with Gasteiger partial charge in [-0.25, -0.2) is 4.68 Å². The van der Waals surface area contributed by atoms with Crippen LogP contribution in [0.3, 0.4) is 0 Å². The molecule has 0 radical (unpaired) electrons. The van der Waals surface area contributed by atoms with Crippen LogP contribution in [0.15, 0.2) is 41.2 Å². The van der Waals surface area contributed by atoms with Gasteiger partial charge in [-0.05, 0) is 30.5 Å². The monoisotopic (exact) mass is 324 g/mol. The molecule has 3 heterocycles. The van der Waals surface area contributed by atoms with Crippen molar-refractivity contribution in [3.05, 3.63) is 52.3 Å². The maximum atomic E-state index is 13.0. The lowest BCUT2D eigenvalue weighted by Crippen LogP contribution is -2.45. The quantitative estimate of drug-likeness (QED) is 0.839. The Morgan fingerprint density at radius 3 is 2.62 bits per heavy atom. The van der Waals surface area contributed by atoms with Gasteiger partial charge in [0.2, 0.25) is 5.91 Å². The highest BCUT2D eigenvalue weighted by Crippen LogP contribution is 2.37. The molecular weight excluding hydrogens is 304 g/mol. The SMILES string of the molecule is Cn1nc(N2c3ccccc3CC2C(=O)N2CCCC2)ccc1=O. The molecule has 124 valence electrons. The Bertz CT molecular complexity index is 839. The van der Waals surface area contributed by atoms with Gasteiger partial charge in [-0.2, -0.15) is 5.10 Å². The molecule has 0 aliphatic carbocycles. The zero-order valence-electron chi connectivity index (χ0n) is 13.7. The first-order valence-electron chi connectivity index (χ1n) is 8.35. The topological polar surface area (TPSA) is 58.4 Å². The van der Waals surface area contributed by atoms with Gasteiger partial charge < -0.3 is 9.80 Å². The van der Waals surface area contributed by atoms with Gasteiger partial charge in [0.15, 0.2) is 5.82 Å². The molecule has 6 heteroatoms. The zero-order chi connectivity index (χ0) is 16.7. The summed E-state index contributed by atoms with van der Waals surface area (Å²) in [6.45, 7) is 1.67. The summed E-state index contributed by atoms with van der Waals surface area (Å²) in [6, 6.07) is 11.0. The van der Waals surface area contributed by atoms with Crippen LogP contribution < -0.4 is 10.5 Å². The van der Waals surface area contributed by atoms with Crippen LogP contribution in [0.25, 0.3) is 0 Å². The Kier molecular flexibility index (Phi) is 3.59. The molecule has 1 saturated heterocycles. The second-order valence-electron chi connectivity index (χ2n) is 6.40. The van der Waals surface area contributed by atoms with E-state index in [0.29, 0.717) is 12.2 Å². The molecule has 1 atom stereocenters. The maximum Gasteiger partial charge on any atom is 0.266 e. The minimum absolute atomic E-state index is 0.152. The number of hydrogen-bond donors (Lipinski definition) is 0. The lowest BCUT2D eigenvalue weighted by atomic mass is 10.1. The Labute approximate surface area is 140 Å². The summed E-state index contributed by atoms with van der Waals surface area (Å²) in [7, 11) is 1.63. The highest BCUT2D eigenvalue weighted by molar-refractivity contribution is 5.91. The van der Waals surface area contributed by atoms with E-state index in [-0.39, 0.29) is 17.5 Å². The zero-order valence-corrected chi connectivity index (χ0v) is 13.7. The van der Waals surface area contributed by atoms with E-state index in [4.69, 9.17) is 0 Å². The van der Waals surface area contributed by atoms with Crippen molar-refractivity contribution in [2.45, 2.75) is 25.3 Å². The molecule has 0 spiro atoms. The van der Waals surface area contributed by atoms with E-state index >= 15 is 0 Å². The van der Waals surface area contributed by atoms with Crippen LogP contribution in [0, 0.1) is 0 Å². The number of aryl methyl sites for hydroxylation is 1. The lowest BCUT2D eigenvalue weighted by molar-refractivity contribution is -0.131. The first-order chi connectivity index (χ1) is 11.6. The summed E-state index contributed by atoms with van der Waals surface area (Å²) >= 11 is 0. The van der Waals surface area contributed by atoms with Crippen LogP contribution in [0.5, 0.6) is 0 Å². The van der Waals surface area contributed by atoms with Crippen LogP contribution in [0.2, 0.25) is 0 Å². The van der Waals surface area contributed by atoms with Crippen molar-refractivity contribution < 1.29 is 4.79 Å². The molecule has 2 aliphatic rings. The third kappa shape index (κ3) is 2.38. The van der Waals surface area contributed by atoms with Crippen LogP contribution >= 0.6 is 0 Å². The number of likely N-dealkylation sites (tertiary alicyclic amines) is 1. The number of benzene rings is 1. The fraction of sp³-hybridized carbons (Fsp3) is 0.389. The lowest BCUT2D eigenvalue weighted by Gasteiger charge is -2.29. The first-order valence-corrected chi connectivity index (χ1v) is 8.35. The highest BCUT2D eigenvalue weighted by Gasteiger charge is 2.38. The molecule has 1 amide bonds. The summed E-state index contributed by atoms with van der Waals surface area (Å²) in [5.41, 5.74) is 1.99. The molecule has 1 fully saturated rings. The van der Waals surface area contributed by atoms with Crippen LogP contribution in [0.4, 0.5) is 11.5 Å². The molecule has 2 aliphatic heterocycles. The number of hydrogen-bond acceptors (Lipinski definition) is 4. The number of para-hydroxylation sites is 1. The van der Waals surface area contributed by atoms with Gasteiger partial charge in [0.1, 0.15) is 6.04 Å². The van der Waals surface area contributed by atoms with Gasteiger partial charge >= 0.3 is 0 Å². The second kappa shape index (κ2) is 5.78. The van der Waals surface area contributed by atoms with Crippen LogP contribution in [-0.4, -0.2) is 39.7 Å². The van der Waals surface area contributed by atoms with Crippen LogP contribution in [0.1, 0.15) is 18.4 Å². The summed E-state index contributed by atoms with van der Waals surface area (Å²) in [5.74, 6) is 0.791. The molecule has 1 unspecified atom stereocenters. The molecule has 24 heavy (non-hydrogen) atoms. The average Bonchev–Trinajstić information content (AvgIpc) is 3.24. The maximum absolute atomic E-state index is 13.0. The van der Waals surface area contributed by atoms with E-state index in [0.717, 1.165) is 37.2 Å². The summed E-state index contributed by atoms with van der Waals surface area (Å²) < 4.78 is 1.31. The predicted molar refractivity (Wildman–Crippen MR) is 91.4 cm³/mol. The number of carbonyl (C=O) groups excluding carboxylic acids is 1. The molecule has 6 nitrogen and oxygen atoms in total. The van der Waals surface area contributed by atoms with Gasteiger partial charge in [0.25, 0.3) is 5.56 Å². The average molecular weight is 324 g/mol. The number of amides is 1. The van der Waals surface area contributed by atoms with Crippen molar-refractivity contribution in [2.24, 2.45) is 7.05 Å². The van der Waals surface area contributed by atoms with E-state index < -0.39 is 0 Å². The molecule has 1 aromatic heterocycles. The second-order valence-corrected chi connectivity index (χ2v) is 6.40. The number of anilines is 2. The standard InChI is InChI=1S/C18H20N4O2/c1-20-17(23)9-8-16(19-20)22-14-7-3-2-6-13(14)12-15(22)18(24)21-10-4-5-11-21/h2-3,6-9,15H,4-5,10-12H2,1H3. The predicted octanol–water partition coefficient (Wildman–Crippen LogP) is 1.47. The van der Waals surface area contributed by atoms with Gasteiger partial charge in [-0.3, -0.25) is 9.59 Å². The Balaban J connectivity index is 1.77. The Morgan fingerprint density at radius 1 is 1.12 bits per heavy atom. The molecular formula is C18H20N4O2. The van der Waals surface area contributed by atoms with Crippen molar-refractivity contribution >= 4 is 17.4 Å². The fourth-order valence-corrected chi connectivity index (χ4v) is 3.63. The van der Waals surface area contributed by atoms with Gasteiger partial charge in [-0.15, -0.1) is 0 Å². The minimum atomic E-state index is -0.287. The molecule has 0 N–H and O–H groups in total. The number of rotatable bonds is 2. The third-order valence-electron chi connectivity index (χ3n) is 4.87. The molecule has 0 saturated carbocycles. The van der Waals surface area contributed by atoms with Crippen molar-refractivity contribution in [3.63, 3.8) is 0 Å². The van der Waals surface area contributed by atoms with E-state index in [9.17, 15) is 9.59 Å². The van der Waals surface area contributed by atoms with E-state index in [1.165, 1.54) is 10.7 Å². The summed E-state index contributed by atoms with van der Waals surface area (Å²) in [5, 5.41) is 4.37. The minimum Gasteiger partial charge on any atom is -0.341 e. The van der Waals surface area contributed by atoms with E-state index in [1.807, 2.05) is 28.0 Å². The summed E-state index contributed by atoms with van der Waals surface area (Å²) in [6.07, 6.45) is 2.82. The summed E-state index contributed by atoms with van der Waals surface area (Å²) in [4.78, 5) is 28.6. The largest absolute Gasteiger partial charge is 0.341 e. The van der Waals surface area contributed by atoms with E-state index in [1.54, 1.807) is 13.1 Å². The highest BCUT2D eigenvalue weighted by atomic mass is 16.2. The number of fused-ring (bicyclic) bond motifs is 1. The van der Waals surface area contributed by atoms with Gasteiger partial charge in [-0.1, -0.05) is 18.2 Å². The molecule has 4 rings (SSSR count). The number of carbonyl (C=O) groups is 1.